The number of nitrogens with zero attached hydrogens (tertiary/aromatic N) is 5. The predicted molar refractivity (Wildman–Crippen MR) is 102 cm³/mol. The summed E-state index contributed by atoms with van der Waals surface area (Å²) in [6.45, 7) is 1.15. The summed E-state index contributed by atoms with van der Waals surface area (Å²) in [4.78, 5) is 37.1. The van der Waals surface area contributed by atoms with E-state index in [0.717, 1.165) is 5.82 Å². The normalized spacial score (nSPS) is 19.2. The van der Waals surface area contributed by atoms with Gasteiger partial charge in [-0.3, -0.25) is 9.59 Å². The summed E-state index contributed by atoms with van der Waals surface area (Å²) in [5, 5.41) is 2.98. The third-order valence-electron chi connectivity index (χ3n) is 4.66. The molecule has 1 aliphatic heterocycles. The Morgan fingerprint density at radius 2 is 2.07 bits per heavy atom. The minimum absolute atomic E-state index is 0.188. The molecule has 2 atom stereocenters. The molecule has 2 aromatic heterocycles. The maximum absolute atomic E-state index is 12.6. The quantitative estimate of drug-likeness (QED) is 0.782. The summed E-state index contributed by atoms with van der Waals surface area (Å²) in [5.41, 5.74) is 0.0870. The number of pyridine rings is 1. The smallest absolute Gasteiger partial charge is 0.268 e. The zero-order valence-electron chi connectivity index (χ0n) is 15.9. The lowest BCUT2D eigenvalue weighted by Crippen LogP contribution is -2.44. The van der Waals surface area contributed by atoms with Crippen LogP contribution in [0.4, 0.5) is 11.8 Å². The Morgan fingerprint density at radius 3 is 2.78 bits per heavy atom. The van der Waals surface area contributed by atoms with Gasteiger partial charge in [-0.1, -0.05) is 6.07 Å². The molecule has 0 spiro atoms. The summed E-state index contributed by atoms with van der Waals surface area (Å²) in [7, 11) is 6.97. The fraction of sp³-hybridized carbons (Fsp3) is 0.444. The van der Waals surface area contributed by atoms with Crippen LogP contribution in [0.25, 0.3) is 0 Å². The van der Waals surface area contributed by atoms with Gasteiger partial charge in [-0.25, -0.2) is 4.98 Å². The number of carbonyl (C=O) groups excluding carboxylic acids is 1. The van der Waals surface area contributed by atoms with Crippen LogP contribution in [-0.2, 0) is 11.8 Å². The second-order valence-electron chi connectivity index (χ2n) is 6.68. The van der Waals surface area contributed by atoms with Crippen LogP contribution in [0.3, 0.4) is 0 Å². The van der Waals surface area contributed by atoms with Crippen molar-refractivity contribution in [3.05, 3.63) is 46.5 Å². The van der Waals surface area contributed by atoms with Gasteiger partial charge < -0.3 is 24.4 Å². The molecule has 144 valence electrons. The first-order valence-corrected chi connectivity index (χ1v) is 8.65. The van der Waals surface area contributed by atoms with Crippen molar-refractivity contribution in [2.24, 2.45) is 7.05 Å². The van der Waals surface area contributed by atoms with Crippen LogP contribution in [0.15, 0.2) is 35.3 Å². The lowest BCUT2D eigenvalue weighted by Gasteiger charge is -2.19. The molecule has 1 aliphatic rings. The van der Waals surface area contributed by atoms with Gasteiger partial charge in [0.1, 0.15) is 11.5 Å². The molecule has 0 aromatic carbocycles. The summed E-state index contributed by atoms with van der Waals surface area (Å²) < 4.78 is 6.90. The summed E-state index contributed by atoms with van der Waals surface area (Å²) >= 11 is 0. The van der Waals surface area contributed by atoms with E-state index >= 15 is 0 Å². The minimum Gasteiger partial charge on any atom is -0.377 e. The van der Waals surface area contributed by atoms with E-state index in [1.54, 1.807) is 32.5 Å². The molecule has 9 heteroatoms. The van der Waals surface area contributed by atoms with Crippen molar-refractivity contribution in [3.63, 3.8) is 0 Å². The molecule has 3 heterocycles. The van der Waals surface area contributed by atoms with E-state index in [1.165, 1.54) is 10.6 Å². The number of rotatable bonds is 5. The Bertz CT molecular complexity index is 881. The molecular formula is C18H24N6O3. The topological polar surface area (TPSA) is 92.6 Å². The van der Waals surface area contributed by atoms with Crippen LogP contribution >= 0.6 is 0 Å². The molecule has 0 bridgehead atoms. The third kappa shape index (κ3) is 3.92. The highest BCUT2D eigenvalue weighted by atomic mass is 16.5. The van der Waals surface area contributed by atoms with Crippen molar-refractivity contribution in [2.75, 3.05) is 44.1 Å². The van der Waals surface area contributed by atoms with E-state index in [2.05, 4.69) is 20.2 Å². The van der Waals surface area contributed by atoms with Crippen molar-refractivity contribution >= 4 is 17.7 Å². The number of nitrogens with one attached hydrogen (secondary N) is 1. The van der Waals surface area contributed by atoms with Gasteiger partial charge in [0.2, 0.25) is 5.95 Å². The van der Waals surface area contributed by atoms with E-state index in [4.69, 9.17) is 4.74 Å². The summed E-state index contributed by atoms with van der Waals surface area (Å²) in [5.74, 6) is 1.09. The molecule has 27 heavy (non-hydrogen) atoms. The Kier molecular flexibility index (Phi) is 5.41. The molecular weight excluding hydrogens is 348 g/mol. The number of methoxy groups -OCH3 is 1. The maximum atomic E-state index is 12.6. The standard InChI is InChI=1S/C18H24N6O3/c1-22(2)18-19-9-8-15(21-18)24-10-12(14(11-24)27-4)20-17(26)13-6-5-7-16(25)23(13)3/h5-9,12,14H,10-11H2,1-4H3,(H,20,26)/t12-,14+/m0/s1. The molecule has 9 nitrogen and oxygen atoms in total. The van der Waals surface area contributed by atoms with Crippen molar-refractivity contribution in [1.29, 1.82) is 0 Å². The van der Waals surface area contributed by atoms with Gasteiger partial charge in [-0.2, -0.15) is 4.98 Å². The SMILES string of the molecule is CO[C@@H]1CN(c2ccnc(N(C)C)n2)C[C@@H]1NC(=O)c1cccc(=O)n1C. The van der Waals surface area contributed by atoms with E-state index in [0.29, 0.717) is 24.7 Å². The first kappa shape index (κ1) is 18.8. The Labute approximate surface area is 157 Å². The fourth-order valence-electron chi connectivity index (χ4n) is 3.10. The van der Waals surface area contributed by atoms with Gasteiger partial charge in [-0.15, -0.1) is 0 Å². The summed E-state index contributed by atoms with van der Waals surface area (Å²) in [6, 6.07) is 6.24. The molecule has 2 aromatic rings. The van der Waals surface area contributed by atoms with Crippen molar-refractivity contribution < 1.29 is 9.53 Å². The lowest BCUT2D eigenvalue weighted by atomic mass is 10.2. The molecule has 0 radical (unpaired) electrons. The Balaban J connectivity index is 1.76. The van der Waals surface area contributed by atoms with E-state index in [-0.39, 0.29) is 23.6 Å². The predicted octanol–water partition coefficient (Wildman–Crippen LogP) is -0.125. The van der Waals surface area contributed by atoms with Gasteiger partial charge in [0.15, 0.2) is 0 Å². The average Bonchev–Trinajstić information content (AvgIpc) is 3.06. The van der Waals surface area contributed by atoms with Crippen LogP contribution in [0.1, 0.15) is 10.5 Å². The lowest BCUT2D eigenvalue weighted by molar-refractivity contribution is 0.0775. The monoisotopic (exact) mass is 372 g/mol. The maximum Gasteiger partial charge on any atom is 0.268 e. The van der Waals surface area contributed by atoms with Crippen LogP contribution in [-0.4, -0.2) is 66.9 Å². The number of anilines is 2. The highest BCUT2D eigenvalue weighted by Crippen LogP contribution is 2.21. The number of hydrogen-bond acceptors (Lipinski definition) is 7. The van der Waals surface area contributed by atoms with Crippen LogP contribution in [0.5, 0.6) is 0 Å². The van der Waals surface area contributed by atoms with Crippen LogP contribution < -0.4 is 20.7 Å². The number of hydrogen-bond donors (Lipinski definition) is 1. The molecule has 3 rings (SSSR count). The number of aromatic nitrogens is 3. The zero-order valence-corrected chi connectivity index (χ0v) is 15.9. The number of amides is 1. The van der Waals surface area contributed by atoms with Gasteiger partial charge >= 0.3 is 0 Å². The molecule has 1 saturated heterocycles. The van der Waals surface area contributed by atoms with Crippen LogP contribution in [0.2, 0.25) is 0 Å². The second-order valence-corrected chi connectivity index (χ2v) is 6.68. The first-order valence-electron chi connectivity index (χ1n) is 8.65. The number of ether oxygens (including phenoxy) is 1. The molecule has 0 saturated carbocycles. The molecule has 1 fully saturated rings. The minimum atomic E-state index is -0.305. The highest BCUT2D eigenvalue weighted by molar-refractivity contribution is 5.92. The van der Waals surface area contributed by atoms with Gasteiger partial charge in [0.05, 0.1) is 12.1 Å². The fourth-order valence-corrected chi connectivity index (χ4v) is 3.10. The zero-order chi connectivity index (χ0) is 19.6. The van der Waals surface area contributed by atoms with Crippen molar-refractivity contribution in [1.82, 2.24) is 19.9 Å². The van der Waals surface area contributed by atoms with Gasteiger partial charge in [0, 0.05) is 53.6 Å². The highest BCUT2D eigenvalue weighted by Gasteiger charge is 2.35. The molecule has 1 N–H and O–H groups in total. The van der Waals surface area contributed by atoms with Crippen molar-refractivity contribution in [3.8, 4) is 0 Å². The van der Waals surface area contributed by atoms with Gasteiger partial charge in [-0.05, 0) is 12.1 Å². The molecule has 0 unspecified atom stereocenters. The van der Waals surface area contributed by atoms with E-state index in [1.807, 2.05) is 25.1 Å². The largest absolute Gasteiger partial charge is 0.377 e. The second kappa shape index (κ2) is 7.75. The van der Waals surface area contributed by atoms with Crippen molar-refractivity contribution in [2.45, 2.75) is 12.1 Å². The molecule has 0 aliphatic carbocycles. The van der Waals surface area contributed by atoms with Gasteiger partial charge in [0.25, 0.3) is 11.5 Å². The third-order valence-corrected chi connectivity index (χ3v) is 4.66. The first-order chi connectivity index (χ1) is 12.9. The Morgan fingerprint density at radius 1 is 1.30 bits per heavy atom. The number of carbonyl (C=O) groups is 1. The van der Waals surface area contributed by atoms with E-state index in [9.17, 15) is 9.59 Å². The Hall–Kier alpha value is -2.94. The van der Waals surface area contributed by atoms with E-state index < -0.39 is 0 Å². The van der Waals surface area contributed by atoms with Crippen LogP contribution in [0, 0.1) is 0 Å². The summed E-state index contributed by atoms with van der Waals surface area (Å²) in [6.07, 6.45) is 1.53. The molecule has 1 amide bonds. The average molecular weight is 372 g/mol.